The molecule has 0 spiro atoms. The SMILES string of the molecule is CC(C)(C)OC(O)=[N+]1CCC(S(=O)(=O)c2ccc(Br)cc2)CC1. The smallest absolute Gasteiger partial charge is 0.430 e. The molecule has 5 nitrogen and oxygen atoms in total. The Morgan fingerprint density at radius 3 is 2.22 bits per heavy atom. The van der Waals surface area contributed by atoms with Crippen molar-refractivity contribution in [1.29, 1.82) is 0 Å². The average Bonchev–Trinajstić information content (AvgIpc) is 2.46. The number of nitrogens with zero attached hydrogens (tertiary/aromatic N) is 1. The van der Waals surface area contributed by atoms with Gasteiger partial charge in [-0.05, 0) is 45.0 Å². The van der Waals surface area contributed by atoms with Crippen molar-refractivity contribution >= 4 is 31.9 Å². The summed E-state index contributed by atoms with van der Waals surface area (Å²) in [5, 5.41) is 9.58. The van der Waals surface area contributed by atoms with Crippen LogP contribution in [-0.4, -0.2) is 48.1 Å². The summed E-state index contributed by atoms with van der Waals surface area (Å²) >= 11 is 3.31. The highest BCUT2D eigenvalue weighted by Gasteiger charge is 2.35. The second-order valence-electron chi connectivity index (χ2n) is 6.68. The molecule has 0 amide bonds. The van der Waals surface area contributed by atoms with E-state index in [-0.39, 0.29) is 6.08 Å². The Morgan fingerprint density at radius 2 is 1.74 bits per heavy atom. The van der Waals surface area contributed by atoms with Gasteiger partial charge in [-0.15, -0.1) is 0 Å². The summed E-state index contributed by atoms with van der Waals surface area (Å²) in [5.74, 6) is 0. The minimum atomic E-state index is -3.34. The van der Waals surface area contributed by atoms with Crippen LogP contribution in [0.1, 0.15) is 33.6 Å². The largest absolute Gasteiger partial charge is 0.547 e. The predicted octanol–water partition coefficient (Wildman–Crippen LogP) is 3.13. The Balaban J connectivity index is 2.09. The van der Waals surface area contributed by atoms with Gasteiger partial charge >= 0.3 is 6.08 Å². The van der Waals surface area contributed by atoms with E-state index in [1.54, 1.807) is 28.8 Å². The zero-order valence-corrected chi connectivity index (χ0v) is 16.0. The number of halogens is 1. The number of sulfone groups is 1. The topological polar surface area (TPSA) is 66.6 Å². The Morgan fingerprint density at radius 1 is 1.22 bits per heavy atom. The highest BCUT2D eigenvalue weighted by Crippen LogP contribution is 2.25. The number of hydrogen-bond donors (Lipinski definition) is 1. The molecule has 1 aromatic rings. The Bertz CT molecular complexity index is 680. The Labute approximate surface area is 146 Å². The van der Waals surface area contributed by atoms with E-state index in [0.29, 0.717) is 30.8 Å². The fourth-order valence-corrected chi connectivity index (χ4v) is 4.51. The third-order valence-electron chi connectivity index (χ3n) is 3.69. The molecule has 1 heterocycles. The molecule has 1 saturated heterocycles. The molecule has 1 aromatic carbocycles. The van der Waals surface area contributed by atoms with E-state index in [0.717, 1.165) is 4.47 Å². The lowest BCUT2D eigenvalue weighted by molar-refractivity contribution is -0.554. The molecule has 1 N–H and O–H groups in total. The maximum absolute atomic E-state index is 12.7. The third-order valence-corrected chi connectivity index (χ3v) is 6.50. The van der Waals surface area contributed by atoms with Crippen molar-refractivity contribution in [3.63, 3.8) is 0 Å². The van der Waals surface area contributed by atoms with Crippen LogP contribution >= 0.6 is 15.9 Å². The molecule has 2 rings (SSSR count). The number of rotatable bonds is 2. The fourth-order valence-electron chi connectivity index (χ4n) is 2.51. The number of ether oxygens (including phenoxy) is 1. The second kappa shape index (κ2) is 6.81. The molecule has 1 fully saturated rings. The molecule has 0 atom stereocenters. The maximum atomic E-state index is 12.7. The molecule has 0 radical (unpaired) electrons. The van der Waals surface area contributed by atoms with Gasteiger partial charge < -0.3 is 9.84 Å². The standard InChI is InChI=1S/C16H22BrNO4S/c1-16(2,3)22-15(19)18-10-8-14(9-11-18)23(20,21)13-6-4-12(17)5-7-13/h4-7,14H,8-11H2,1-3H3/p+1. The number of aliphatic hydroxyl groups is 1. The first-order chi connectivity index (χ1) is 10.6. The van der Waals surface area contributed by atoms with Gasteiger partial charge in [-0.2, -0.15) is 4.58 Å². The van der Waals surface area contributed by atoms with Gasteiger partial charge in [0.25, 0.3) is 0 Å². The molecule has 0 saturated carbocycles. The van der Waals surface area contributed by atoms with Crippen molar-refractivity contribution in [2.45, 2.75) is 49.4 Å². The van der Waals surface area contributed by atoms with Crippen LogP contribution in [-0.2, 0) is 14.6 Å². The average molecular weight is 405 g/mol. The first-order valence-electron chi connectivity index (χ1n) is 7.59. The quantitative estimate of drug-likeness (QED) is 0.607. The van der Waals surface area contributed by atoms with E-state index in [4.69, 9.17) is 4.74 Å². The minimum Gasteiger partial charge on any atom is -0.430 e. The van der Waals surface area contributed by atoms with Crippen LogP contribution in [0.5, 0.6) is 0 Å². The van der Waals surface area contributed by atoms with Gasteiger partial charge in [0.1, 0.15) is 5.60 Å². The summed E-state index contributed by atoms with van der Waals surface area (Å²) in [4.78, 5) is 0.346. The summed E-state index contributed by atoms with van der Waals surface area (Å²) in [7, 11) is -3.34. The monoisotopic (exact) mass is 404 g/mol. The summed E-state index contributed by atoms with van der Waals surface area (Å²) in [6, 6.07) is 6.72. The zero-order valence-electron chi connectivity index (χ0n) is 13.6. The van der Waals surface area contributed by atoms with E-state index < -0.39 is 20.7 Å². The lowest BCUT2D eigenvalue weighted by Crippen LogP contribution is -2.39. The normalized spacial score (nSPS) is 19.5. The molecule has 23 heavy (non-hydrogen) atoms. The highest BCUT2D eigenvalue weighted by molar-refractivity contribution is 9.10. The van der Waals surface area contributed by atoms with Crippen LogP contribution in [0.15, 0.2) is 33.6 Å². The van der Waals surface area contributed by atoms with E-state index in [1.807, 2.05) is 20.8 Å². The van der Waals surface area contributed by atoms with E-state index in [9.17, 15) is 13.5 Å². The molecule has 0 aliphatic carbocycles. The van der Waals surface area contributed by atoms with Crippen molar-refractivity contribution in [2.24, 2.45) is 0 Å². The summed E-state index contributed by atoms with van der Waals surface area (Å²) < 4.78 is 33.3. The van der Waals surface area contributed by atoms with Gasteiger partial charge in [-0.3, -0.25) is 0 Å². The first-order valence-corrected chi connectivity index (χ1v) is 9.93. The van der Waals surface area contributed by atoms with E-state index >= 15 is 0 Å². The molecule has 0 bridgehead atoms. The van der Waals surface area contributed by atoms with E-state index in [2.05, 4.69) is 15.9 Å². The van der Waals surface area contributed by atoms with Crippen LogP contribution in [0.25, 0.3) is 0 Å². The van der Waals surface area contributed by atoms with Crippen molar-refractivity contribution in [3.8, 4) is 0 Å². The molecule has 7 heteroatoms. The Hall–Kier alpha value is -1.08. The second-order valence-corrected chi connectivity index (χ2v) is 9.83. The van der Waals surface area contributed by atoms with Gasteiger partial charge in [0.2, 0.25) is 0 Å². The number of aliphatic hydroxyl groups excluding tert-OH is 1. The summed E-state index contributed by atoms with van der Waals surface area (Å²) in [6.45, 7) is 6.49. The van der Waals surface area contributed by atoms with Gasteiger partial charge in [-0.25, -0.2) is 8.42 Å². The molecule has 0 aromatic heterocycles. The van der Waals surface area contributed by atoms with Crippen molar-refractivity contribution in [3.05, 3.63) is 28.7 Å². The molecular weight excluding hydrogens is 382 g/mol. The maximum Gasteiger partial charge on any atom is 0.547 e. The highest BCUT2D eigenvalue weighted by atomic mass is 79.9. The number of benzene rings is 1. The molecule has 1 aliphatic heterocycles. The Kier molecular flexibility index (Phi) is 5.41. The van der Waals surface area contributed by atoms with Gasteiger partial charge in [0.15, 0.2) is 22.9 Å². The lowest BCUT2D eigenvalue weighted by Gasteiger charge is -2.23. The van der Waals surface area contributed by atoms with Crippen LogP contribution in [0.4, 0.5) is 0 Å². The first kappa shape index (κ1) is 18.3. The van der Waals surface area contributed by atoms with Crippen LogP contribution in [0, 0.1) is 0 Å². The van der Waals surface area contributed by atoms with Crippen LogP contribution < -0.4 is 0 Å². The molecular formula is C16H23BrNO4S+. The minimum absolute atomic E-state index is 0.128. The van der Waals surface area contributed by atoms with Crippen molar-refractivity contribution in [1.82, 2.24) is 0 Å². The van der Waals surface area contributed by atoms with Crippen LogP contribution in [0.2, 0.25) is 0 Å². The fraction of sp³-hybridized carbons (Fsp3) is 0.562. The van der Waals surface area contributed by atoms with Crippen molar-refractivity contribution < 1.29 is 22.8 Å². The van der Waals surface area contributed by atoms with Crippen molar-refractivity contribution in [2.75, 3.05) is 13.1 Å². The summed E-state index contributed by atoms with van der Waals surface area (Å²) in [5.41, 5.74) is -0.482. The van der Waals surface area contributed by atoms with Crippen LogP contribution in [0.3, 0.4) is 0 Å². The number of hydrogen-bond acceptors (Lipinski definition) is 3. The molecule has 1 aliphatic rings. The van der Waals surface area contributed by atoms with Gasteiger partial charge in [0, 0.05) is 17.3 Å². The lowest BCUT2D eigenvalue weighted by atomic mass is 10.1. The van der Waals surface area contributed by atoms with Gasteiger partial charge in [0.05, 0.1) is 10.1 Å². The van der Waals surface area contributed by atoms with Gasteiger partial charge in [-0.1, -0.05) is 15.9 Å². The molecule has 128 valence electrons. The number of piperidine rings is 1. The third kappa shape index (κ3) is 4.70. The summed E-state index contributed by atoms with van der Waals surface area (Å²) in [6.07, 6.45) is 0.809. The predicted molar refractivity (Wildman–Crippen MR) is 92.8 cm³/mol. The zero-order chi connectivity index (χ0) is 17.3. The molecule has 0 unspecified atom stereocenters. The van der Waals surface area contributed by atoms with E-state index in [1.165, 1.54) is 0 Å².